The Morgan fingerprint density at radius 3 is 1.93 bits per heavy atom. The van der Waals surface area contributed by atoms with Gasteiger partial charge >= 0.3 is 0 Å². The molecule has 0 unspecified atom stereocenters. The van der Waals surface area contributed by atoms with Gasteiger partial charge in [0.1, 0.15) is 0 Å². The van der Waals surface area contributed by atoms with E-state index in [-0.39, 0.29) is 0 Å². The minimum absolute atomic E-state index is 0.354. The van der Waals surface area contributed by atoms with E-state index >= 15 is 0 Å². The predicted octanol–water partition coefficient (Wildman–Crippen LogP) is 4.07. The number of hydrogen-bond donors (Lipinski definition) is 1. The number of unbranched alkanes of at least 4 members (excludes halogenated alkanes) is 7. The van der Waals surface area contributed by atoms with Crippen LogP contribution in [0.1, 0.15) is 64.7 Å². The highest BCUT2D eigenvalue weighted by Gasteiger charge is 1.87. The fourth-order valence-corrected chi connectivity index (χ4v) is 1.48. The molecule has 0 saturated heterocycles. The summed E-state index contributed by atoms with van der Waals surface area (Å²) in [6.07, 6.45) is 15.8. The van der Waals surface area contributed by atoms with Crippen molar-refractivity contribution in [1.82, 2.24) is 0 Å². The van der Waals surface area contributed by atoms with Crippen molar-refractivity contribution in [3.05, 3.63) is 12.2 Å². The van der Waals surface area contributed by atoms with Crippen molar-refractivity contribution in [2.75, 3.05) is 6.61 Å². The highest BCUT2D eigenvalue weighted by molar-refractivity contribution is 4.81. The zero-order chi connectivity index (χ0) is 10.5. The third-order valence-electron chi connectivity index (χ3n) is 2.42. The van der Waals surface area contributed by atoms with Crippen molar-refractivity contribution in [2.24, 2.45) is 0 Å². The smallest absolute Gasteiger partial charge is 0.0431 e. The van der Waals surface area contributed by atoms with Crippen molar-refractivity contribution in [2.45, 2.75) is 64.7 Å². The summed E-state index contributed by atoms with van der Waals surface area (Å²) in [5, 5.41) is 8.58. The average Bonchev–Trinajstić information content (AvgIpc) is 2.21. The summed E-state index contributed by atoms with van der Waals surface area (Å²) < 4.78 is 0. The Morgan fingerprint density at radius 1 is 0.786 bits per heavy atom. The third-order valence-corrected chi connectivity index (χ3v) is 2.42. The molecule has 84 valence electrons. The normalized spacial score (nSPS) is 11.3. The average molecular weight is 198 g/mol. The Hall–Kier alpha value is -0.300. The lowest BCUT2D eigenvalue weighted by atomic mass is 10.1. The Kier molecular flexibility index (Phi) is 12.4. The lowest BCUT2D eigenvalue weighted by Gasteiger charge is -1.96. The quantitative estimate of drug-likeness (QED) is 0.414. The number of aliphatic hydroxyl groups excluding tert-OH is 1. The molecule has 0 aliphatic rings. The summed E-state index contributed by atoms with van der Waals surface area (Å²) in [6, 6.07) is 0. The molecule has 0 aromatic carbocycles. The van der Waals surface area contributed by atoms with Crippen LogP contribution in [0.5, 0.6) is 0 Å². The van der Waals surface area contributed by atoms with E-state index in [1.165, 1.54) is 51.4 Å². The van der Waals surface area contributed by atoms with Crippen LogP contribution in [0.25, 0.3) is 0 Å². The highest BCUT2D eigenvalue weighted by Crippen LogP contribution is 2.05. The first-order valence-corrected chi connectivity index (χ1v) is 6.17. The molecule has 0 spiro atoms. The summed E-state index contributed by atoms with van der Waals surface area (Å²) in [5.74, 6) is 0. The second-order valence-electron chi connectivity index (χ2n) is 3.89. The first-order valence-electron chi connectivity index (χ1n) is 6.17. The lowest BCUT2D eigenvalue weighted by Crippen LogP contribution is -1.82. The van der Waals surface area contributed by atoms with E-state index < -0.39 is 0 Å². The summed E-state index contributed by atoms with van der Waals surface area (Å²) in [5.41, 5.74) is 0. The van der Waals surface area contributed by atoms with Crippen LogP contribution in [0.15, 0.2) is 12.2 Å². The molecule has 0 radical (unpaired) electrons. The summed E-state index contributed by atoms with van der Waals surface area (Å²) in [4.78, 5) is 0. The Bertz CT molecular complexity index is 118. The van der Waals surface area contributed by atoms with Crippen LogP contribution in [0, 0.1) is 0 Å². The van der Waals surface area contributed by atoms with E-state index in [0.717, 1.165) is 6.42 Å². The van der Waals surface area contributed by atoms with Crippen molar-refractivity contribution < 1.29 is 5.11 Å². The zero-order valence-electron chi connectivity index (χ0n) is 9.67. The molecule has 0 aromatic heterocycles. The van der Waals surface area contributed by atoms with Gasteiger partial charge < -0.3 is 5.11 Å². The molecule has 0 amide bonds. The van der Waals surface area contributed by atoms with Gasteiger partial charge in [-0.25, -0.2) is 0 Å². The number of rotatable bonds is 10. The highest BCUT2D eigenvalue weighted by atomic mass is 16.2. The van der Waals surface area contributed by atoms with Crippen LogP contribution in [-0.2, 0) is 0 Å². The number of aliphatic hydroxyl groups is 1. The monoisotopic (exact) mass is 198 g/mol. The van der Waals surface area contributed by atoms with Crippen molar-refractivity contribution >= 4 is 0 Å². The molecule has 14 heavy (non-hydrogen) atoms. The predicted molar refractivity (Wildman–Crippen MR) is 63.5 cm³/mol. The molecule has 0 aliphatic heterocycles. The molecule has 1 heteroatoms. The fraction of sp³-hybridized carbons (Fsp3) is 0.846. The van der Waals surface area contributed by atoms with Crippen molar-refractivity contribution in [3.63, 3.8) is 0 Å². The zero-order valence-corrected chi connectivity index (χ0v) is 9.67. The second-order valence-corrected chi connectivity index (χ2v) is 3.89. The van der Waals surface area contributed by atoms with Crippen LogP contribution < -0.4 is 0 Å². The Balaban J connectivity index is 2.96. The first-order chi connectivity index (χ1) is 6.91. The van der Waals surface area contributed by atoms with E-state index in [9.17, 15) is 0 Å². The molecule has 1 nitrogen and oxygen atoms in total. The maximum absolute atomic E-state index is 8.58. The minimum atomic E-state index is 0.354. The second kappa shape index (κ2) is 12.7. The number of hydrogen-bond acceptors (Lipinski definition) is 1. The van der Waals surface area contributed by atoms with Gasteiger partial charge in [-0.15, -0.1) is 0 Å². The molecule has 0 rings (SSSR count). The standard InChI is InChI=1S/C13H26O/c1-2-3-4-5-6-7-8-9-10-11-12-13-14/h6-7,14H,2-5,8-13H2,1H3. The first kappa shape index (κ1) is 13.7. The Labute approximate surface area is 89.2 Å². The van der Waals surface area contributed by atoms with Gasteiger partial charge in [-0.05, 0) is 32.1 Å². The summed E-state index contributed by atoms with van der Waals surface area (Å²) >= 11 is 0. The molecule has 0 saturated carbocycles. The summed E-state index contributed by atoms with van der Waals surface area (Å²) in [6.45, 7) is 2.59. The third kappa shape index (κ3) is 11.7. The Morgan fingerprint density at radius 2 is 1.36 bits per heavy atom. The molecule has 1 N–H and O–H groups in total. The minimum Gasteiger partial charge on any atom is -0.396 e. The van der Waals surface area contributed by atoms with Crippen LogP contribution in [0.4, 0.5) is 0 Å². The van der Waals surface area contributed by atoms with Gasteiger partial charge in [-0.2, -0.15) is 0 Å². The molecule has 0 aromatic rings. The van der Waals surface area contributed by atoms with Crippen LogP contribution in [-0.4, -0.2) is 11.7 Å². The SMILES string of the molecule is CCCCCC=CCCCCCCO. The van der Waals surface area contributed by atoms with E-state index in [2.05, 4.69) is 19.1 Å². The van der Waals surface area contributed by atoms with Crippen molar-refractivity contribution in [3.8, 4) is 0 Å². The van der Waals surface area contributed by atoms with Gasteiger partial charge in [-0.1, -0.05) is 44.8 Å². The van der Waals surface area contributed by atoms with E-state index in [1.54, 1.807) is 0 Å². The van der Waals surface area contributed by atoms with Crippen LogP contribution >= 0.6 is 0 Å². The van der Waals surface area contributed by atoms with E-state index in [0.29, 0.717) is 6.61 Å². The number of allylic oxidation sites excluding steroid dienone is 2. The molecule has 0 fully saturated rings. The summed E-state index contributed by atoms with van der Waals surface area (Å²) in [7, 11) is 0. The van der Waals surface area contributed by atoms with E-state index in [4.69, 9.17) is 5.11 Å². The topological polar surface area (TPSA) is 20.2 Å². The van der Waals surface area contributed by atoms with Gasteiger partial charge in [0, 0.05) is 6.61 Å². The lowest BCUT2D eigenvalue weighted by molar-refractivity contribution is 0.282. The maximum Gasteiger partial charge on any atom is 0.0431 e. The van der Waals surface area contributed by atoms with Gasteiger partial charge in [0.2, 0.25) is 0 Å². The van der Waals surface area contributed by atoms with Gasteiger partial charge in [0.05, 0.1) is 0 Å². The van der Waals surface area contributed by atoms with Crippen molar-refractivity contribution in [1.29, 1.82) is 0 Å². The van der Waals surface area contributed by atoms with Crippen LogP contribution in [0.2, 0.25) is 0 Å². The van der Waals surface area contributed by atoms with Gasteiger partial charge in [0.15, 0.2) is 0 Å². The molecule has 0 aliphatic carbocycles. The largest absolute Gasteiger partial charge is 0.396 e. The fourth-order valence-electron chi connectivity index (χ4n) is 1.48. The van der Waals surface area contributed by atoms with E-state index in [1.807, 2.05) is 0 Å². The molecule has 0 atom stereocenters. The maximum atomic E-state index is 8.58. The van der Waals surface area contributed by atoms with Crippen LogP contribution in [0.3, 0.4) is 0 Å². The molecule has 0 bridgehead atoms. The van der Waals surface area contributed by atoms with Gasteiger partial charge in [-0.3, -0.25) is 0 Å². The molecular formula is C13H26O. The molecular weight excluding hydrogens is 172 g/mol. The molecule has 0 heterocycles. The van der Waals surface area contributed by atoms with Gasteiger partial charge in [0.25, 0.3) is 0 Å².